The van der Waals surface area contributed by atoms with E-state index < -0.39 is 0 Å². The van der Waals surface area contributed by atoms with Gasteiger partial charge in [0.15, 0.2) is 6.61 Å². The molecule has 78 valence electrons. The molecule has 4 heteroatoms. The fourth-order valence-corrected chi connectivity index (χ4v) is 0.858. The van der Waals surface area contributed by atoms with E-state index in [0.717, 1.165) is 17.4 Å². The first-order valence-corrected chi connectivity index (χ1v) is 4.66. The lowest BCUT2D eigenvalue weighted by Gasteiger charge is -2.19. The van der Waals surface area contributed by atoms with Crippen molar-refractivity contribution >= 4 is 5.90 Å². The summed E-state index contributed by atoms with van der Waals surface area (Å²) < 4.78 is 6.11. The van der Waals surface area contributed by atoms with E-state index in [9.17, 15) is 0 Å². The Morgan fingerprint density at radius 2 is 2.21 bits per heavy atom. The summed E-state index contributed by atoms with van der Waals surface area (Å²) in [5, 5.41) is 3.70. The second kappa shape index (κ2) is 4.87. The van der Waals surface area contributed by atoms with Gasteiger partial charge in [-0.1, -0.05) is 11.1 Å². The van der Waals surface area contributed by atoms with Crippen LogP contribution in [0.4, 0.5) is 0 Å². The van der Waals surface area contributed by atoms with Gasteiger partial charge in [-0.25, -0.2) is 0 Å². The number of hydrogen-bond donors (Lipinski definition) is 0. The highest BCUT2D eigenvalue weighted by Gasteiger charge is 2.07. The predicted octanol–water partition coefficient (Wildman–Crippen LogP) is 0.446. The van der Waals surface area contributed by atoms with Crippen molar-refractivity contribution in [3.8, 4) is 11.8 Å². The molecule has 0 saturated carbocycles. The van der Waals surface area contributed by atoms with E-state index in [2.05, 4.69) is 38.1 Å². The Kier molecular flexibility index (Phi) is 3.78. The van der Waals surface area contributed by atoms with E-state index >= 15 is 0 Å². The van der Waals surface area contributed by atoms with E-state index in [4.69, 9.17) is 9.57 Å². The minimum absolute atomic E-state index is 0.405. The second-order valence-electron chi connectivity index (χ2n) is 4.16. The Labute approximate surface area is 85.1 Å². The van der Waals surface area contributed by atoms with Crippen LogP contribution in [-0.4, -0.2) is 51.3 Å². The summed E-state index contributed by atoms with van der Waals surface area (Å²) in [7, 11) is 6.30. The Morgan fingerprint density at radius 3 is 2.79 bits per heavy atom. The third kappa shape index (κ3) is 4.73. The SMILES string of the molecule is C[N+](C)(C)CC#CCOC1=NOCC1. The number of hydrogen-bond acceptors (Lipinski definition) is 3. The zero-order valence-electron chi connectivity index (χ0n) is 9.04. The van der Waals surface area contributed by atoms with Crippen LogP contribution in [-0.2, 0) is 9.57 Å². The zero-order valence-corrected chi connectivity index (χ0v) is 9.04. The topological polar surface area (TPSA) is 30.8 Å². The Balaban J connectivity index is 2.14. The van der Waals surface area contributed by atoms with Crippen molar-refractivity contribution in [3.05, 3.63) is 0 Å². The normalized spacial score (nSPS) is 15.2. The van der Waals surface area contributed by atoms with Crippen LogP contribution < -0.4 is 0 Å². The van der Waals surface area contributed by atoms with E-state index in [1.807, 2.05) is 0 Å². The molecule has 0 unspecified atom stereocenters. The van der Waals surface area contributed by atoms with Gasteiger partial charge in [-0.05, 0) is 5.92 Å². The maximum Gasteiger partial charge on any atom is 0.230 e. The van der Waals surface area contributed by atoms with Crippen molar-refractivity contribution in [2.45, 2.75) is 6.42 Å². The molecule has 1 aliphatic rings. The van der Waals surface area contributed by atoms with Gasteiger partial charge in [0.2, 0.25) is 5.90 Å². The molecule has 4 nitrogen and oxygen atoms in total. The summed E-state index contributed by atoms with van der Waals surface area (Å²) >= 11 is 0. The molecule has 1 rings (SSSR count). The third-order valence-electron chi connectivity index (χ3n) is 1.56. The Bertz CT molecular complexity index is 268. The van der Waals surface area contributed by atoms with Crippen LogP contribution in [0.5, 0.6) is 0 Å². The van der Waals surface area contributed by atoms with Crippen molar-refractivity contribution in [2.24, 2.45) is 5.16 Å². The number of oxime groups is 1. The van der Waals surface area contributed by atoms with Gasteiger partial charge in [-0.15, -0.1) is 0 Å². The Hall–Kier alpha value is -1.21. The average molecular weight is 197 g/mol. The van der Waals surface area contributed by atoms with Crippen LogP contribution in [0, 0.1) is 11.8 Å². The van der Waals surface area contributed by atoms with Gasteiger partial charge in [-0.2, -0.15) is 0 Å². The van der Waals surface area contributed by atoms with Crippen molar-refractivity contribution in [3.63, 3.8) is 0 Å². The molecule has 0 saturated heterocycles. The molecule has 0 spiro atoms. The molecule has 0 aromatic rings. The van der Waals surface area contributed by atoms with E-state index in [1.165, 1.54) is 0 Å². The van der Waals surface area contributed by atoms with Gasteiger partial charge in [-0.3, -0.25) is 0 Å². The molecule has 0 fully saturated rings. The molecule has 0 atom stereocenters. The number of ether oxygens (including phenoxy) is 1. The van der Waals surface area contributed by atoms with Gasteiger partial charge in [0.05, 0.1) is 27.6 Å². The maximum absolute atomic E-state index is 5.26. The molecule has 0 aromatic heterocycles. The third-order valence-corrected chi connectivity index (χ3v) is 1.56. The van der Waals surface area contributed by atoms with Gasteiger partial charge < -0.3 is 14.1 Å². The minimum Gasteiger partial charge on any atom is -0.465 e. The molecular weight excluding hydrogens is 180 g/mol. The molecule has 0 radical (unpaired) electrons. The molecule has 0 bridgehead atoms. The van der Waals surface area contributed by atoms with Crippen LogP contribution in [0.3, 0.4) is 0 Å². The predicted molar refractivity (Wildman–Crippen MR) is 54.6 cm³/mol. The summed E-state index contributed by atoms with van der Waals surface area (Å²) in [5.41, 5.74) is 0. The molecule has 1 aliphatic heterocycles. The summed E-state index contributed by atoms with van der Waals surface area (Å²) in [6.45, 7) is 1.86. The van der Waals surface area contributed by atoms with Crippen molar-refractivity contribution in [2.75, 3.05) is 40.9 Å². The highest BCUT2D eigenvalue weighted by molar-refractivity contribution is 5.76. The van der Waals surface area contributed by atoms with Gasteiger partial charge in [0.25, 0.3) is 0 Å². The minimum atomic E-state index is 0.405. The van der Waals surface area contributed by atoms with Crippen molar-refractivity contribution in [1.29, 1.82) is 0 Å². The van der Waals surface area contributed by atoms with Crippen LogP contribution in [0.25, 0.3) is 0 Å². The van der Waals surface area contributed by atoms with Gasteiger partial charge in [0.1, 0.15) is 13.2 Å². The van der Waals surface area contributed by atoms with Crippen LogP contribution in [0.1, 0.15) is 6.42 Å². The molecule has 14 heavy (non-hydrogen) atoms. The largest absolute Gasteiger partial charge is 0.465 e. The van der Waals surface area contributed by atoms with Crippen LogP contribution in [0.15, 0.2) is 5.16 Å². The fourth-order valence-electron chi connectivity index (χ4n) is 0.858. The summed E-state index contributed by atoms with van der Waals surface area (Å²) in [6, 6.07) is 0. The molecule has 0 aliphatic carbocycles. The lowest BCUT2D eigenvalue weighted by molar-refractivity contribution is -0.862. The van der Waals surface area contributed by atoms with E-state index in [-0.39, 0.29) is 0 Å². The first-order valence-electron chi connectivity index (χ1n) is 4.66. The quantitative estimate of drug-likeness (QED) is 0.475. The van der Waals surface area contributed by atoms with Crippen molar-refractivity contribution < 1.29 is 14.1 Å². The lowest BCUT2D eigenvalue weighted by Crippen LogP contribution is -2.34. The first-order chi connectivity index (χ1) is 6.58. The summed E-state index contributed by atoms with van der Waals surface area (Å²) in [4.78, 5) is 4.78. The molecule has 0 aromatic carbocycles. The highest BCUT2D eigenvalue weighted by Crippen LogP contribution is 2.00. The fraction of sp³-hybridized carbons (Fsp3) is 0.700. The van der Waals surface area contributed by atoms with E-state index in [0.29, 0.717) is 19.1 Å². The smallest absolute Gasteiger partial charge is 0.230 e. The molecule has 1 heterocycles. The van der Waals surface area contributed by atoms with Gasteiger partial charge >= 0.3 is 0 Å². The lowest BCUT2D eigenvalue weighted by atomic mass is 10.4. The molecule has 0 amide bonds. The molecule has 0 N–H and O–H groups in total. The van der Waals surface area contributed by atoms with Crippen LogP contribution >= 0.6 is 0 Å². The average Bonchev–Trinajstić information content (AvgIpc) is 2.54. The number of rotatable bonds is 2. The highest BCUT2D eigenvalue weighted by atomic mass is 16.7. The van der Waals surface area contributed by atoms with Gasteiger partial charge in [0, 0.05) is 0 Å². The Morgan fingerprint density at radius 1 is 1.43 bits per heavy atom. The monoisotopic (exact) mass is 197 g/mol. The summed E-state index contributed by atoms with van der Waals surface area (Å²) in [5.74, 6) is 6.65. The van der Waals surface area contributed by atoms with Crippen molar-refractivity contribution in [1.82, 2.24) is 0 Å². The zero-order chi connectivity index (χ0) is 10.4. The van der Waals surface area contributed by atoms with E-state index in [1.54, 1.807) is 0 Å². The molecular formula is C10H17N2O2+. The van der Waals surface area contributed by atoms with Crippen LogP contribution in [0.2, 0.25) is 0 Å². The second-order valence-corrected chi connectivity index (χ2v) is 4.16. The maximum atomic E-state index is 5.26. The number of nitrogens with zero attached hydrogens (tertiary/aromatic N) is 2. The first kappa shape index (κ1) is 10.9. The summed E-state index contributed by atoms with van der Waals surface area (Å²) in [6.07, 6.45) is 0.761. The standard InChI is InChI=1S/C10H17N2O2/c1-12(2,3)7-4-5-8-13-10-6-9-14-11-10/h6-9H2,1-3H3/q+1. The number of quaternary nitrogens is 1.